The number of carbonyl (C=O) groups is 2. The fourth-order valence-corrected chi connectivity index (χ4v) is 3.49. The van der Waals surface area contributed by atoms with Crippen LogP contribution in [0.15, 0.2) is 0 Å². The molecule has 2 atom stereocenters. The van der Waals surface area contributed by atoms with Crippen molar-refractivity contribution in [3.8, 4) is 0 Å². The van der Waals surface area contributed by atoms with E-state index in [1.807, 2.05) is 0 Å². The first-order valence-electron chi connectivity index (χ1n) is 5.61. The van der Waals surface area contributed by atoms with E-state index in [2.05, 4.69) is 13.8 Å². The Balaban J connectivity index is 2.79. The Kier molecular flexibility index (Phi) is 4.65. The molecule has 0 bridgehead atoms. The minimum Gasteiger partial charge on any atom is -0.548 e. The topological polar surface area (TPSA) is 60.4 Å². The van der Waals surface area contributed by atoms with Crippen LogP contribution in [0.4, 0.5) is 0 Å². The van der Waals surface area contributed by atoms with Crippen LogP contribution < -0.4 is 5.11 Å². The van der Waals surface area contributed by atoms with E-state index in [4.69, 9.17) is 0 Å². The molecule has 0 spiro atoms. The van der Waals surface area contributed by atoms with Crippen molar-refractivity contribution in [2.24, 2.45) is 5.92 Å². The second-order valence-electron chi connectivity index (χ2n) is 4.41. The summed E-state index contributed by atoms with van der Waals surface area (Å²) >= 11 is 1.54. The van der Waals surface area contributed by atoms with Crippen LogP contribution in [0.3, 0.4) is 0 Å². The third-order valence-electron chi connectivity index (χ3n) is 2.63. The molecule has 92 valence electrons. The van der Waals surface area contributed by atoms with Gasteiger partial charge in [0.05, 0.1) is 17.4 Å². The molecule has 0 unspecified atom stereocenters. The molecule has 1 rings (SSSR count). The third kappa shape index (κ3) is 2.90. The van der Waals surface area contributed by atoms with Crippen molar-refractivity contribution in [1.29, 1.82) is 0 Å². The average molecular weight is 244 g/mol. The lowest BCUT2D eigenvalue weighted by Crippen LogP contribution is -2.50. The number of carboxylic acids is 1. The molecule has 1 aliphatic rings. The Morgan fingerprint density at radius 3 is 2.56 bits per heavy atom. The minimum atomic E-state index is -1.14. The molecule has 0 radical (unpaired) electrons. The maximum atomic E-state index is 11.7. The molecule has 1 heterocycles. The van der Waals surface area contributed by atoms with E-state index >= 15 is 0 Å². The maximum absolute atomic E-state index is 11.7. The van der Waals surface area contributed by atoms with E-state index in [-0.39, 0.29) is 11.3 Å². The minimum absolute atomic E-state index is 0.00431. The van der Waals surface area contributed by atoms with Crippen LogP contribution in [0.2, 0.25) is 0 Å². The summed E-state index contributed by atoms with van der Waals surface area (Å²) in [4.78, 5) is 24.2. The van der Waals surface area contributed by atoms with Gasteiger partial charge >= 0.3 is 0 Å². The van der Waals surface area contributed by atoms with Gasteiger partial charge in [0.15, 0.2) is 0 Å². The van der Waals surface area contributed by atoms with Gasteiger partial charge in [0, 0.05) is 12.2 Å². The molecule has 0 aliphatic carbocycles. The van der Waals surface area contributed by atoms with E-state index < -0.39 is 12.0 Å². The van der Waals surface area contributed by atoms with E-state index in [0.29, 0.717) is 18.1 Å². The van der Waals surface area contributed by atoms with Crippen LogP contribution >= 0.6 is 11.8 Å². The van der Waals surface area contributed by atoms with Crippen LogP contribution in [0.25, 0.3) is 0 Å². The largest absolute Gasteiger partial charge is 0.548 e. The van der Waals surface area contributed by atoms with Crippen molar-refractivity contribution in [3.05, 3.63) is 0 Å². The standard InChI is InChI=1S/C11H19NO3S/c1-4-9(13)12-8(11(14)15)6-16-10(12)5-7(2)3/h7-8,10H,4-6H2,1-3H3,(H,14,15)/p-1/t8-,10+/m0/s1. The molecule has 0 aromatic carbocycles. The van der Waals surface area contributed by atoms with Gasteiger partial charge in [0.2, 0.25) is 5.91 Å². The highest BCUT2D eigenvalue weighted by Gasteiger charge is 2.37. The summed E-state index contributed by atoms with van der Waals surface area (Å²) < 4.78 is 0. The summed E-state index contributed by atoms with van der Waals surface area (Å²) in [5.41, 5.74) is 0. The summed E-state index contributed by atoms with van der Waals surface area (Å²) in [5, 5.41) is 10.9. The zero-order chi connectivity index (χ0) is 12.3. The first-order valence-corrected chi connectivity index (χ1v) is 6.65. The molecule has 1 amide bonds. The summed E-state index contributed by atoms with van der Waals surface area (Å²) in [6.45, 7) is 5.90. The van der Waals surface area contributed by atoms with Crippen LogP contribution in [-0.4, -0.2) is 33.9 Å². The summed E-state index contributed by atoms with van der Waals surface area (Å²) in [6, 6.07) is -0.749. The Morgan fingerprint density at radius 1 is 1.50 bits per heavy atom. The quantitative estimate of drug-likeness (QED) is 0.721. The molecule has 0 N–H and O–H groups in total. The number of amides is 1. The van der Waals surface area contributed by atoms with Crippen molar-refractivity contribution < 1.29 is 14.7 Å². The highest BCUT2D eigenvalue weighted by Crippen LogP contribution is 2.33. The first-order chi connectivity index (χ1) is 7.47. The summed E-state index contributed by atoms with van der Waals surface area (Å²) in [7, 11) is 0. The highest BCUT2D eigenvalue weighted by molar-refractivity contribution is 8.00. The number of carbonyl (C=O) groups excluding carboxylic acids is 2. The van der Waals surface area contributed by atoms with Crippen molar-refractivity contribution in [3.63, 3.8) is 0 Å². The van der Waals surface area contributed by atoms with Crippen LogP contribution in [0.5, 0.6) is 0 Å². The number of hydrogen-bond acceptors (Lipinski definition) is 4. The number of carboxylic acid groups (broad SMARTS) is 1. The number of nitrogens with zero attached hydrogens (tertiary/aromatic N) is 1. The number of thioether (sulfide) groups is 1. The van der Waals surface area contributed by atoms with E-state index in [0.717, 1.165) is 6.42 Å². The maximum Gasteiger partial charge on any atom is 0.223 e. The Morgan fingerprint density at radius 2 is 2.12 bits per heavy atom. The second-order valence-corrected chi connectivity index (χ2v) is 5.62. The van der Waals surface area contributed by atoms with Gasteiger partial charge in [-0.15, -0.1) is 11.8 Å². The Bertz CT molecular complexity index is 280. The molecule has 1 saturated heterocycles. The van der Waals surface area contributed by atoms with E-state index in [9.17, 15) is 14.7 Å². The van der Waals surface area contributed by atoms with Gasteiger partial charge in [-0.1, -0.05) is 20.8 Å². The van der Waals surface area contributed by atoms with Crippen molar-refractivity contribution >= 4 is 23.6 Å². The fourth-order valence-electron chi connectivity index (χ4n) is 1.85. The zero-order valence-electron chi connectivity index (χ0n) is 9.93. The number of rotatable bonds is 4. The van der Waals surface area contributed by atoms with E-state index in [1.54, 1.807) is 18.7 Å². The van der Waals surface area contributed by atoms with Gasteiger partial charge in [-0.3, -0.25) is 4.79 Å². The van der Waals surface area contributed by atoms with Gasteiger partial charge in [0.25, 0.3) is 0 Å². The van der Waals surface area contributed by atoms with Crippen LogP contribution in [0.1, 0.15) is 33.6 Å². The molecular formula is C11H18NO3S-. The predicted molar refractivity (Wildman–Crippen MR) is 61.6 cm³/mol. The number of hydrogen-bond donors (Lipinski definition) is 0. The Hall–Kier alpha value is -0.710. The molecule has 0 aromatic heterocycles. The highest BCUT2D eigenvalue weighted by atomic mass is 32.2. The molecule has 4 nitrogen and oxygen atoms in total. The lowest BCUT2D eigenvalue weighted by atomic mass is 10.1. The third-order valence-corrected chi connectivity index (χ3v) is 3.94. The van der Waals surface area contributed by atoms with Gasteiger partial charge in [-0.05, 0) is 12.3 Å². The van der Waals surface area contributed by atoms with E-state index in [1.165, 1.54) is 4.90 Å². The SMILES string of the molecule is CCC(=O)N1[C@@H](CC(C)C)SC[C@H]1C(=O)[O-]. The van der Waals surface area contributed by atoms with Crippen molar-refractivity contribution in [2.75, 3.05) is 5.75 Å². The van der Waals surface area contributed by atoms with Gasteiger partial charge in [-0.25, -0.2) is 0 Å². The lowest BCUT2D eigenvalue weighted by molar-refractivity contribution is -0.310. The summed E-state index contributed by atoms with van der Waals surface area (Å²) in [5.74, 6) is -0.332. The van der Waals surface area contributed by atoms with Crippen LogP contribution in [-0.2, 0) is 9.59 Å². The molecule has 1 fully saturated rings. The molecule has 0 aromatic rings. The fraction of sp³-hybridized carbons (Fsp3) is 0.818. The van der Waals surface area contributed by atoms with Crippen molar-refractivity contribution in [1.82, 2.24) is 4.90 Å². The van der Waals surface area contributed by atoms with Gasteiger partial charge in [0.1, 0.15) is 0 Å². The van der Waals surface area contributed by atoms with Crippen molar-refractivity contribution in [2.45, 2.75) is 45.0 Å². The van der Waals surface area contributed by atoms with Gasteiger partial charge in [-0.2, -0.15) is 0 Å². The van der Waals surface area contributed by atoms with Gasteiger partial charge < -0.3 is 14.8 Å². The zero-order valence-corrected chi connectivity index (χ0v) is 10.8. The lowest BCUT2D eigenvalue weighted by Gasteiger charge is -2.30. The monoisotopic (exact) mass is 244 g/mol. The average Bonchev–Trinajstić information content (AvgIpc) is 2.59. The second kappa shape index (κ2) is 5.57. The normalized spacial score (nSPS) is 25.1. The molecule has 5 heteroatoms. The first kappa shape index (κ1) is 13.4. The molecule has 16 heavy (non-hydrogen) atoms. The predicted octanol–water partition coefficient (Wildman–Crippen LogP) is 0.462. The summed E-state index contributed by atoms with van der Waals surface area (Å²) in [6.07, 6.45) is 1.18. The Labute approximate surface area is 100 Å². The smallest absolute Gasteiger partial charge is 0.223 e. The van der Waals surface area contributed by atoms with Crippen LogP contribution in [0, 0.1) is 5.92 Å². The molecule has 1 aliphatic heterocycles. The number of aliphatic carboxylic acids is 1. The molecule has 0 saturated carbocycles. The molecular weight excluding hydrogens is 226 g/mol.